The van der Waals surface area contributed by atoms with E-state index in [2.05, 4.69) is 24.0 Å². The molecule has 1 fully saturated rings. The van der Waals surface area contributed by atoms with E-state index in [1.165, 1.54) is 25.9 Å². The van der Waals surface area contributed by atoms with E-state index in [0.29, 0.717) is 12.4 Å². The lowest BCUT2D eigenvalue weighted by molar-refractivity contribution is 0.0259. The molecule has 1 aromatic heterocycles. The third-order valence-corrected chi connectivity index (χ3v) is 6.18. The fourth-order valence-corrected chi connectivity index (χ4v) is 4.57. The van der Waals surface area contributed by atoms with Gasteiger partial charge in [0.2, 0.25) is 0 Å². The minimum atomic E-state index is -1.26. The Morgan fingerprint density at radius 1 is 1.00 bits per heavy atom. The summed E-state index contributed by atoms with van der Waals surface area (Å²) in [6.45, 7) is 6.10. The molecule has 0 bridgehead atoms. The summed E-state index contributed by atoms with van der Waals surface area (Å²) >= 11 is 0. The molecule has 1 aliphatic heterocycles. The standard InChI is InChI=1S/C26H31NO3/c1-2-24(21-9-4-3-5-10-21)26(28,25-11-8-19-30-25)22-12-14-23(15-13-22)29-20-18-27-16-6-7-17-27/h3-5,8-15,19,24,28H,2,6-7,16-18,20H2,1H3. The van der Waals surface area contributed by atoms with Gasteiger partial charge in [0, 0.05) is 12.5 Å². The highest BCUT2D eigenvalue weighted by Gasteiger charge is 2.42. The number of rotatable bonds is 9. The van der Waals surface area contributed by atoms with Crippen molar-refractivity contribution in [1.29, 1.82) is 0 Å². The summed E-state index contributed by atoms with van der Waals surface area (Å²) in [5.41, 5.74) is 0.637. The number of furan rings is 1. The number of hydrogen-bond donors (Lipinski definition) is 1. The van der Waals surface area contributed by atoms with Gasteiger partial charge in [-0.25, -0.2) is 0 Å². The monoisotopic (exact) mass is 405 g/mol. The number of nitrogens with zero attached hydrogens (tertiary/aromatic N) is 1. The Morgan fingerprint density at radius 2 is 1.73 bits per heavy atom. The van der Waals surface area contributed by atoms with E-state index in [1.807, 2.05) is 54.6 Å². The Labute approximate surface area is 179 Å². The van der Waals surface area contributed by atoms with Gasteiger partial charge >= 0.3 is 0 Å². The summed E-state index contributed by atoms with van der Waals surface area (Å²) in [7, 11) is 0. The quantitative estimate of drug-likeness (QED) is 0.533. The zero-order valence-electron chi connectivity index (χ0n) is 17.7. The lowest BCUT2D eigenvalue weighted by Crippen LogP contribution is -2.34. The van der Waals surface area contributed by atoms with Crippen LogP contribution in [0.4, 0.5) is 0 Å². The maximum Gasteiger partial charge on any atom is 0.154 e. The number of hydrogen-bond acceptors (Lipinski definition) is 4. The van der Waals surface area contributed by atoms with Crippen LogP contribution in [0.1, 0.15) is 49.0 Å². The molecule has 4 rings (SSSR count). The highest BCUT2D eigenvalue weighted by Crippen LogP contribution is 2.44. The number of likely N-dealkylation sites (tertiary alicyclic amines) is 1. The van der Waals surface area contributed by atoms with Crippen LogP contribution < -0.4 is 4.74 Å². The van der Waals surface area contributed by atoms with Gasteiger partial charge in [0.1, 0.15) is 18.1 Å². The van der Waals surface area contributed by atoms with Crippen LogP contribution in [0.3, 0.4) is 0 Å². The fourth-order valence-electron chi connectivity index (χ4n) is 4.57. The van der Waals surface area contributed by atoms with Crippen molar-refractivity contribution in [1.82, 2.24) is 4.90 Å². The molecule has 0 spiro atoms. The molecule has 1 N–H and O–H groups in total. The molecule has 3 aromatic rings. The van der Waals surface area contributed by atoms with Crippen molar-refractivity contribution in [2.45, 2.75) is 37.7 Å². The topological polar surface area (TPSA) is 45.8 Å². The van der Waals surface area contributed by atoms with Crippen LogP contribution in [-0.4, -0.2) is 36.2 Å². The molecule has 4 heteroatoms. The summed E-state index contributed by atoms with van der Waals surface area (Å²) in [6.07, 6.45) is 4.98. The van der Waals surface area contributed by atoms with Crippen LogP contribution >= 0.6 is 0 Å². The molecule has 158 valence electrons. The normalized spacial score (nSPS) is 17.5. The molecule has 2 unspecified atom stereocenters. The average molecular weight is 406 g/mol. The number of benzene rings is 2. The fraction of sp³-hybridized carbons (Fsp3) is 0.385. The van der Waals surface area contributed by atoms with Crippen LogP contribution in [0.25, 0.3) is 0 Å². The van der Waals surface area contributed by atoms with Gasteiger partial charge in [0.05, 0.1) is 6.26 Å². The Kier molecular flexibility index (Phi) is 6.56. The van der Waals surface area contributed by atoms with Crippen molar-refractivity contribution < 1.29 is 14.3 Å². The average Bonchev–Trinajstić information content (AvgIpc) is 3.50. The SMILES string of the molecule is CCC(c1ccccc1)C(O)(c1ccc(OCCN2CCCC2)cc1)c1ccco1. The maximum absolute atomic E-state index is 12.0. The van der Waals surface area contributed by atoms with Gasteiger partial charge in [-0.3, -0.25) is 4.90 Å². The molecule has 0 amide bonds. The van der Waals surface area contributed by atoms with Crippen molar-refractivity contribution >= 4 is 0 Å². The van der Waals surface area contributed by atoms with Crippen LogP contribution in [0.15, 0.2) is 77.4 Å². The second-order valence-electron chi connectivity index (χ2n) is 8.04. The molecule has 4 nitrogen and oxygen atoms in total. The van der Waals surface area contributed by atoms with Crippen molar-refractivity contribution in [2.24, 2.45) is 0 Å². The van der Waals surface area contributed by atoms with E-state index in [9.17, 15) is 5.11 Å². The molecular formula is C26H31NO3. The van der Waals surface area contributed by atoms with E-state index < -0.39 is 5.60 Å². The molecular weight excluding hydrogens is 374 g/mol. The van der Waals surface area contributed by atoms with Crippen molar-refractivity contribution in [3.8, 4) is 5.75 Å². The van der Waals surface area contributed by atoms with E-state index >= 15 is 0 Å². The Balaban J connectivity index is 1.56. The molecule has 2 atom stereocenters. The maximum atomic E-state index is 12.0. The molecule has 1 saturated heterocycles. The summed E-state index contributed by atoms with van der Waals surface area (Å²) in [5, 5.41) is 12.0. The first-order valence-corrected chi connectivity index (χ1v) is 11.0. The van der Waals surface area contributed by atoms with Gasteiger partial charge in [-0.2, -0.15) is 0 Å². The lowest BCUT2D eigenvalue weighted by Gasteiger charge is -2.35. The lowest BCUT2D eigenvalue weighted by atomic mass is 9.74. The summed E-state index contributed by atoms with van der Waals surface area (Å²) in [5.74, 6) is 1.25. The molecule has 0 saturated carbocycles. The molecule has 0 radical (unpaired) electrons. The van der Waals surface area contributed by atoms with Crippen LogP contribution in [0.5, 0.6) is 5.75 Å². The second-order valence-corrected chi connectivity index (χ2v) is 8.04. The van der Waals surface area contributed by atoms with E-state index in [1.54, 1.807) is 6.26 Å². The minimum Gasteiger partial charge on any atom is -0.492 e. The van der Waals surface area contributed by atoms with Crippen molar-refractivity contribution in [3.63, 3.8) is 0 Å². The van der Waals surface area contributed by atoms with Crippen LogP contribution in [-0.2, 0) is 5.60 Å². The van der Waals surface area contributed by atoms with Gasteiger partial charge in [-0.15, -0.1) is 0 Å². The Morgan fingerprint density at radius 3 is 2.37 bits per heavy atom. The smallest absolute Gasteiger partial charge is 0.154 e. The number of ether oxygens (including phenoxy) is 1. The van der Waals surface area contributed by atoms with Crippen molar-refractivity contribution in [2.75, 3.05) is 26.2 Å². The zero-order chi connectivity index (χ0) is 20.8. The Hall–Kier alpha value is -2.56. The van der Waals surface area contributed by atoms with Gasteiger partial charge in [-0.05, 0) is 67.7 Å². The van der Waals surface area contributed by atoms with Gasteiger partial charge in [0.25, 0.3) is 0 Å². The summed E-state index contributed by atoms with van der Waals surface area (Å²) in [4.78, 5) is 2.44. The third-order valence-electron chi connectivity index (χ3n) is 6.18. The van der Waals surface area contributed by atoms with Crippen LogP contribution in [0.2, 0.25) is 0 Å². The second kappa shape index (κ2) is 9.50. The van der Waals surface area contributed by atoms with Gasteiger partial charge in [-0.1, -0.05) is 49.4 Å². The highest BCUT2D eigenvalue weighted by atomic mass is 16.5. The molecule has 2 heterocycles. The van der Waals surface area contributed by atoms with Gasteiger partial charge in [0.15, 0.2) is 5.60 Å². The van der Waals surface area contributed by atoms with Crippen molar-refractivity contribution in [3.05, 3.63) is 89.9 Å². The highest BCUT2D eigenvalue weighted by molar-refractivity contribution is 5.40. The predicted octanol–water partition coefficient (Wildman–Crippen LogP) is 5.18. The van der Waals surface area contributed by atoms with E-state index in [0.717, 1.165) is 29.8 Å². The largest absolute Gasteiger partial charge is 0.492 e. The minimum absolute atomic E-state index is 0.133. The molecule has 2 aromatic carbocycles. The van der Waals surface area contributed by atoms with Crippen LogP contribution in [0, 0.1) is 0 Å². The first-order chi connectivity index (χ1) is 14.7. The predicted molar refractivity (Wildman–Crippen MR) is 119 cm³/mol. The molecule has 1 aliphatic rings. The first kappa shape index (κ1) is 20.7. The first-order valence-electron chi connectivity index (χ1n) is 11.0. The van der Waals surface area contributed by atoms with E-state index in [-0.39, 0.29) is 5.92 Å². The summed E-state index contributed by atoms with van der Waals surface area (Å²) in [6, 6.07) is 21.6. The molecule has 0 aliphatic carbocycles. The summed E-state index contributed by atoms with van der Waals surface area (Å²) < 4.78 is 11.7. The third kappa shape index (κ3) is 4.30. The zero-order valence-corrected chi connectivity index (χ0v) is 17.7. The number of aliphatic hydroxyl groups is 1. The Bertz CT molecular complexity index is 886. The van der Waals surface area contributed by atoms with E-state index in [4.69, 9.17) is 9.15 Å². The van der Waals surface area contributed by atoms with Gasteiger partial charge < -0.3 is 14.3 Å². The molecule has 30 heavy (non-hydrogen) atoms.